The highest BCUT2D eigenvalue weighted by Gasteiger charge is 2.24. The molecule has 0 aliphatic carbocycles. The van der Waals surface area contributed by atoms with Gasteiger partial charge in [-0.2, -0.15) is 0 Å². The molecule has 1 N–H and O–H groups in total. The number of rotatable bonds is 4. The Labute approximate surface area is 97.8 Å². The molecule has 1 aromatic rings. The molecule has 1 nitrogen and oxygen atoms in total. The zero-order valence-corrected chi connectivity index (χ0v) is 10.7. The normalized spacial score (nSPS) is 13.9. The van der Waals surface area contributed by atoms with Crippen molar-refractivity contribution in [1.29, 1.82) is 0 Å². The van der Waals surface area contributed by atoms with E-state index in [0.29, 0.717) is 6.04 Å². The molecule has 0 radical (unpaired) electrons. The quantitative estimate of drug-likeness (QED) is 0.826. The van der Waals surface area contributed by atoms with Crippen LogP contribution in [0.1, 0.15) is 32.8 Å². The number of benzene rings is 1. The van der Waals surface area contributed by atoms with Crippen molar-refractivity contribution in [3.05, 3.63) is 34.9 Å². The first-order valence-corrected chi connectivity index (χ1v) is 5.77. The maximum Gasteiger partial charge on any atom is 0.0443 e. The molecule has 0 aromatic heterocycles. The first kappa shape index (κ1) is 12.5. The van der Waals surface area contributed by atoms with Crippen LogP contribution in [0, 0.1) is 0 Å². The van der Waals surface area contributed by atoms with E-state index in [1.165, 1.54) is 5.56 Å². The van der Waals surface area contributed by atoms with Crippen molar-refractivity contribution >= 4 is 11.6 Å². The summed E-state index contributed by atoms with van der Waals surface area (Å²) < 4.78 is 0. The van der Waals surface area contributed by atoms with Gasteiger partial charge in [0.15, 0.2) is 0 Å². The topological polar surface area (TPSA) is 12.0 Å². The average Bonchev–Trinajstić information content (AvgIpc) is 2.17. The summed E-state index contributed by atoms with van der Waals surface area (Å²) in [5, 5.41) is 4.13. The van der Waals surface area contributed by atoms with Crippen molar-refractivity contribution < 1.29 is 0 Å². The van der Waals surface area contributed by atoms with Gasteiger partial charge in [-0.25, -0.2) is 0 Å². The largest absolute Gasteiger partial charge is 0.317 e. The van der Waals surface area contributed by atoms with E-state index in [1.807, 2.05) is 25.2 Å². The number of hydrogen-bond acceptors (Lipinski definition) is 1. The van der Waals surface area contributed by atoms with Gasteiger partial charge in [-0.05, 0) is 37.4 Å². The van der Waals surface area contributed by atoms with Gasteiger partial charge in [-0.3, -0.25) is 0 Å². The monoisotopic (exact) mass is 225 g/mol. The van der Waals surface area contributed by atoms with E-state index < -0.39 is 0 Å². The maximum absolute atomic E-state index is 6.21. The minimum absolute atomic E-state index is 0.112. The summed E-state index contributed by atoms with van der Waals surface area (Å²) in [4.78, 5) is 0. The molecule has 0 amide bonds. The van der Waals surface area contributed by atoms with Crippen LogP contribution in [0.4, 0.5) is 0 Å². The molecule has 0 saturated carbocycles. The summed E-state index contributed by atoms with van der Waals surface area (Å²) in [6.45, 7) is 6.67. The molecule has 0 saturated heterocycles. The molecule has 0 fully saturated rings. The van der Waals surface area contributed by atoms with Crippen LogP contribution in [0.2, 0.25) is 5.02 Å². The predicted octanol–water partition coefficient (Wildman–Crippen LogP) is 3.62. The molecule has 1 atom stereocenters. The van der Waals surface area contributed by atoms with Crippen molar-refractivity contribution in [3.63, 3.8) is 0 Å². The summed E-state index contributed by atoms with van der Waals surface area (Å²) in [6, 6.07) is 8.60. The fourth-order valence-electron chi connectivity index (χ4n) is 1.99. The Morgan fingerprint density at radius 1 is 1.33 bits per heavy atom. The Kier molecular flexibility index (Phi) is 4.18. The van der Waals surface area contributed by atoms with Crippen LogP contribution in [-0.2, 0) is 5.41 Å². The second kappa shape index (κ2) is 5.00. The van der Waals surface area contributed by atoms with E-state index in [4.69, 9.17) is 11.6 Å². The lowest BCUT2D eigenvalue weighted by atomic mass is 9.79. The summed E-state index contributed by atoms with van der Waals surface area (Å²) in [5.41, 5.74) is 1.34. The van der Waals surface area contributed by atoms with E-state index in [0.717, 1.165) is 11.4 Å². The molecule has 0 aliphatic heterocycles. The van der Waals surface area contributed by atoms with Gasteiger partial charge in [0.2, 0.25) is 0 Å². The Morgan fingerprint density at radius 2 is 1.93 bits per heavy atom. The van der Waals surface area contributed by atoms with E-state index in [9.17, 15) is 0 Å². The summed E-state index contributed by atoms with van der Waals surface area (Å²) >= 11 is 6.21. The second-order valence-corrected chi connectivity index (χ2v) is 5.16. The van der Waals surface area contributed by atoms with E-state index in [2.05, 4.69) is 32.2 Å². The fraction of sp³-hybridized carbons (Fsp3) is 0.538. The van der Waals surface area contributed by atoms with Crippen molar-refractivity contribution in [2.45, 2.75) is 38.6 Å². The van der Waals surface area contributed by atoms with E-state index >= 15 is 0 Å². The molecule has 0 aliphatic rings. The van der Waals surface area contributed by atoms with Gasteiger partial charge in [-0.1, -0.05) is 43.6 Å². The summed E-state index contributed by atoms with van der Waals surface area (Å²) in [5.74, 6) is 0. The van der Waals surface area contributed by atoms with E-state index in [1.54, 1.807) is 0 Å². The highest BCUT2D eigenvalue weighted by Crippen LogP contribution is 2.33. The second-order valence-electron chi connectivity index (χ2n) is 4.76. The molecular formula is C13H20ClN. The van der Waals surface area contributed by atoms with Crippen LogP contribution in [-0.4, -0.2) is 13.1 Å². The first-order valence-electron chi connectivity index (χ1n) is 5.39. The van der Waals surface area contributed by atoms with Gasteiger partial charge in [0.25, 0.3) is 0 Å². The number of halogens is 1. The average molecular weight is 226 g/mol. The third-order valence-electron chi connectivity index (χ3n) is 2.91. The smallest absolute Gasteiger partial charge is 0.0443 e. The van der Waals surface area contributed by atoms with Gasteiger partial charge in [0, 0.05) is 11.1 Å². The van der Waals surface area contributed by atoms with Gasteiger partial charge in [0.05, 0.1) is 0 Å². The lowest BCUT2D eigenvalue weighted by Gasteiger charge is -2.29. The number of hydrogen-bond donors (Lipinski definition) is 1. The summed E-state index contributed by atoms with van der Waals surface area (Å²) in [6.07, 6.45) is 1.08. The molecule has 1 rings (SSSR count). The summed E-state index contributed by atoms with van der Waals surface area (Å²) in [7, 11) is 1.99. The van der Waals surface area contributed by atoms with Crippen molar-refractivity contribution in [2.24, 2.45) is 0 Å². The fourth-order valence-corrected chi connectivity index (χ4v) is 2.38. The minimum Gasteiger partial charge on any atom is -0.317 e. The van der Waals surface area contributed by atoms with Gasteiger partial charge < -0.3 is 5.32 Å². The first-order chi connectivity index (χ1) is 6.97. The molecular weight excluding hydrogens is 206 g/mol. The third-order valence-corrected chi connectivity index (χ3v) is 3.24. The van der Waals surface area contributed by atoms with Crippen molar-refractivity contribution in [2.75, 3.05) is 7.05 Å². The third kappa shape index (κ3) is 3.22. The Hall–Kier alpha value is -0.530. The molecule has 1 unspecified atom stereocenters. The Balaban J connectivity index is 2.90. The van der Waals surface area contributed by atoms with Crippen molar-refractivity contribution in [3.8, 4) is 0 Å². The van der Waals surface area contributed by atoms with Crippen molar-refractivity contribution in [1.82, 2.24) is 5.32 Å². The zero-order chi connectivity index (χ0) is 11.5. The van der Waals surface area contributed by atoms with Gasteiger partial charge in [-0.15, -0.1) is 0 Å². The van der Waals surface area contributed by atoms with Crippen LogP contribution in [0.5, 0.6) is 0 Å². The molecule has 84 valence electrons. The molecule has 0 heterocycles. The van der Waals surface area contributed by atoms with E-state index in [-0.39, 0.29) is 5.41 Å². The molecule has 0 spiro atoms. The number of nitrogens with one attached hydrogen (secondary N) is 1. The Bertz CT molecular complexity index is 320. The minimum atomic E-state index is 0.112. The lowest BCUT2D eigenvalue weighted by molar-refractivity contribution is 0.405. The van der Waals surface area contributed by atoms with Gasteiger partial charge in [0.1, 0.15) is 0 Å². The molecule has 0 bridgehead atoms. The predicted molar refractivity (Wildman–Crippen MR) is 67.6 cm³/mol. The van der Waals surface area contributed by atoms with Crippen LogP contribution < -0.4 is 5.32 Å². The highest BCUT2D eigenvalue weighted by atomic mass is 35.5. The highest BCUT2D eigenvalue weighted by molar-refractivity contribution is 6.31. The maximum atomic E-state index is 6.21. The SMILES string of the molecule is CNC(C)CC(C)(C)c1ccccc1Cl. The van der Waals surface area contributed by atoms with Crippen LogP contribution in [0.25, 0.3) is 0 Å². The zero-order valence-electron chi connectivity index (χ0n) is 9.97. The molecule has 1 aromatic carbocycles. The van der Waals surface area contributed by atoms with Crippen LogP contribution in [0.3, 0.4) is 0 Å². The molecule has 15 heavy (non-hydrogen) atoms. The lowest BCUT2D eigenvalue weighted by Crippen LogP contribution is -2.31. The van der Waals surface area contributed by atoms with Crippen LogP contribution >= 0.6 is 11.6 Å². The van der Waals surface area contributed by atoms with Crippen LogP contribution in [0.15, 0.2) is 24.3 Å². The van der Waals surface area contributed by atoms with Gasteiger partial charge >= 0.3 is 0 Å². The Morgan fingerprint density at radius 3 is 2.47 bits per heavy atom. The standard InChI is InChI=1S/C13H20ClN/c1-10(15-4)9-13(2,3)11-7-5-6-8-12(11)14/h5-8,10,15H,9H2,1-4H3. The molecule has 2 heteroatoms.